The Hall–Kier alpha value is -3.28. The zero-order valence-electron chi connectivity index (χ0n) is 28.4. The molecule has 11 heteroatoms. The first-order valence-electron chi connectivity index (χ1n) is 18.1. The summed E-state index contributed by atoms with van der Waals surface area (Å²) in [6.45, 7) is 15.2. The second kappa shape index (κ2) is 11.7. The number of benzene rings is 1. The Balaban J connectivity index is 0.875. The van der Waals surface area contributed by atoms with Crippen LogP contribution in [-0.2, 0) is 4.74 Å². The van der Waals surface area contributed by atoms with Crippen LogP contribution in [0.15, 0.2) is 30.7 Å². The van der Waals surface area contributed by atoms with Gasteiger partial charge < -0.3 is 14.4 Å². The highest BCUT2D eigenvalue weighted by atomic mass is 19.1. The number of aromatic nitrogens is 5. The third-order valence-corrected chi connectivity index (χ3v) is 12.3. The molecule has 4 saturated heterocycles. The molecule has 6 fully saturated rings. The van der Waals surface area contributed by atoms with Crippen LogP contribution in [0.2, 0.25) is 0 Å². The Labute approximate surface area is 282 Å². The molecule has 1 atom stereocenters. The monoisotopic (exact) mass is 654 g/mol. The van der Waals surface area contributed by atoms with Gasteiger partial charge in [0.05, 0.1) is 18.9 Å². The van der Waals surface area contributed by atoms with Gasteiger partial charge in [-0.1, -0.05) is 13.8 Å². The van der Waals surface area contributed by atoms with Crippen molar-refractivity contribution in [1.82, 2.24) is 34.9 Å². The Bertz CT molecular complexity index is 1680. The van der Waals surface area contributed by atoms with Crippen molar-refractivity contribution in [2.45, 2.75) is 77.3 Å². The number of likely N-dealkylation sites (tertiary alicyclic amines) is 2. The van der Waals surface area contributed by atoms with Crippen LogP contribution >= 0.6 is 0 Å². The van der Waals surface area contributed by atoms with Crippen molar-refractivity contribution in [2.24, 2.45) is 22.7 Å². The Kier molecular flexibility index (Phi) is 7.47. The minimum Gasteiger partial charge on any atom is -0.434 e. The van der Waals surface area contributed by atoms with Gasteiger partial charge in [0.2, 0.25) is 0 Å². The first-order chi connectivity index (χ1) is 23.3. The molecular weight excluding hydrogens is 607 g/mol. The minimum absolute atomic E-state index is 0.253. The maximum Gasteiger partial charge on any atom is 0.282 e. The second-order valence-corrected chi connectivity index (χ2v) is 16.2. The summed E-state index contributed by atoms with van der Waals surface area (Å²) in [6, 6.07) is 6.00. The molecule has 2 spiro atoms. The molecule has 0 amide bonds. The molecule has 6 aliphatic rings. The van der Waals surface area contributed by atoms with Gasteiger partial charge in [0, 0.05) is 78.9 Å². The van der Waals surface area contributed by atoms with Gasteiger partial charge >= 0.3 is 0 Å². The molecule has 9 rings (SSSR count). The molecular formula is C37H47FN8O2. The number of ether oxygens (including phenoxy) is 2. The van der Waals surface area contributed by atoms with Crippen LogP contribution in [0.1, 0.15) is 69.8 Å². The van der Waals surface area contributed by atoms with Crippen LogP contribution in [0.4, 0.5) is 10.2 Å². The van der Waals surface area contributed by atoms with Crippen molar-refractivity contribution >= 4 is 5.82 Å². The second-order valence-electron chi connectivity index (χ2n) is 16.2. The summed E-state index contributed by atoms with van der Waals surface area (Å²) in [5.74, 6) is 3.72. The molecule has 2 aromatic heterocycles. The van der Waals surface area contributed by atoms with E-state index in [1.165, 1.54) is 50.8 Å². The molecule has 0 unspecified atom stereocenters. The van der Waals surface area contributed by atoms with E-state index < -0.39 is 0 Å². The van der Waals surface area contributed by atoms with Gasteiger partial charge in [-0.3, -0.25) is 9.80 Å². The van der Waals surface area contributed by atoms with E-state index in [1.54, 1.807) is 12.3 Å². The van der Waals surface area contributed by atoms with Gasteiger partial charge in [-0.25, -0.2) is 19.3 Å². The quantitative estimate of drug-likeness (QED) is 0.295. The predicted octanol–water partition coefficient (Wildman–Crippen LogP) is 5.48. The topological polar surface area (TPSA) is 92.6 Å². The first kappa shape index (κ1) is 30.8. The standard InChI is InChI=1S/C37H47FN8O2/c1-23(2)33(26-12-28(13-26)44-10-9-37(19-44)20-47-21-37)46-17-36(18-46)8-11-45(16-36)34-35(43-41-22-40-34)48-31-7-6-27(38)14-29(31)30-15-39-24(3)42-32(30)25-4-5-25/h6-7,14-15,22-23,25-26,28,33H,4-5,8-13,16-21H2,1-3H3/t26?,28?,33-/m0/s1. The number of rotatable bonds is 9. The van der Waals surface area contributed by atoms with Gasteiger partial charge in [-0.05, 0) is 82.0 Å². The van der Waals surface area contributed by atoms with Crippen LogP contribution in [0.3, 0.4) is 0 Å². The average Bonchev–Trinajstić information content (AvgIpc) is 3.60. The van der Waals surface area contributed by atoms with E-state index in [-0.39, 0.29) is 11.2 Å². The highest BCUT2D eigenvalue weighted by molar-refractivity contribution is 5.73. The lowest BCUT2D eigenvalue weighted by Crippen LogP contribution is -2.65. The average molecular weight is 655 g/mol. The number of aryl methyl sites for hydroxylation is 1. The summed E-state index contributed by atoms with van der Waals surface area (Å²) in [4.78, 5) is 21.7. The Morgan fingerprint density at radius 1 is 0.979 bits per heavy atom. The third-order valence-electron chi connectivity index (χ3n) is 12.3. The molecule has 0 N–H and O–H groups in total. The van der Waals surface area contributed by atoms with Gasteiger partial charge in [-0.2, -0.15) is 0 Å². The van der Waals surface area contributed by atoms with E-state index >= 15 is 0 Å². The Morgan fingerprint density at radius 3 is 2.52 bits per heavy atom. The summed E-state index contributed by atoms with van der Waals surface area (Å²) in [7, 11) is 0. The van der Waals surface area contributed by atoms with E-state index in [4.69, 9.17) is 14.5 Å². The van der Waals surface area contributed by atoms with Crippen LogP contribution in [0.5, 0.6) is 11.6 Å². The van der Waals surface area contributed by atoms with Crippen molar-refractivity contribution < 1.29 is 13.9 Å². The maximum absolute atomic E-state index is 14.6. The molecule has 4 aliphatic heterocycles. The molecule has 6 heterocycles. The summed E-state index contributed by atoms with van der Waals surface area (Å²) in [5, 5.41) is 8.48. The van der Waals surface area contributed by atoms with Gasteiger partial charge in [0.25, 0.3) is 5.88 Å². The van der Waals surface area contributed by atoms with Crippen LogP contribution < -0.4 is 9.64 Å². The number of hydrogen-bond acceptors (Lipinski definition) is 10. The highest BCUT2D eigenvalue weighted by Crippen LogP contribution is 2.50. The van der Waals surface area contributed by atoms with Crippen LogP contribution in [0.25, 0.3) is 11.1 Å². The number of nitrogens with zero attached hydrogens (tertiary/aromatic N) is 8. The molecule has 0 radical (unpaired) electrons. The summed E-state index contributed by atoms with van der Waals surface area (Å²) in [5.41, 5.74) is 3.11. The van der Waals surface area contributed by atoms with Crippen molar-refractivity contribution in [3.63, 3.8) is 0 Å². The number of hydrogen-bond donors (Lipinski definition) is 0. The zero-order chi connectivity index (χ0) is 32.6. The molecule has 3 aromatic rings. The van der Waals surface area contributed by atoms with Crippen molar-refractivity contribution in [3.8, 4) is 22.8 Å². The molecule has 1 aromatic carbocycles. The Morgan fingerprint density at radius 2 is 1.79 bits per heavy atom. The van der Waals surface area contributed by atoms with Crippen molar-refractivity contribution in [3.05, 3.63) is 48.1 Å². The lowest BCUT2D eigenvalue weighted by Gasteiger charge is -2.57. The van der Waals surface area contributed by atoms with Crippen LogP contribution in [-0.4, -0.2) is 99.5 Å². The third kappa shape index (κ3) is 5.46. The van der Waals surface area contributed by atoms with E-state index in [0.29, 0.717) is 52.1 Å². The number of anilines is 1. The fraction of sp³-hybridized carbons (Fsp3) is 0.649. The molecule has 2 aliphatic carbocycles. The van der Waals surface area contributed by atoms with Gasteiger partial charge in [0.1, 0.15) is 23.7 Å². The highest BCUT2D eigenvalue weighted by Gasteiger charge is 2.54. The smallest absolute Gasteiger partial charge is 0.282 e. The normalized spacial score (nSPS) is 26.9. The zero-order valence-corrected chi connectivity index (χ0v) is 28.4. The summed E-state index contributed by atoms with van der Waals surface area (Å²) < 4.78 is 26.7. The largest absolute Gasteiger partial charge is 0.434 e. The van der Waals surface area contributed by atoms with Crippen molar-refractivity contribution in [1.29, 1.82) is 0 Å². The fourth-order valence-electron chi connectivity index (χ4n) is 9.59. The fourth-order valence-corrected chi connectivity index (χ4v) is 9.59. The lowest BCUT2D eigenvalue weighted by atomic mass is 9.68. The van der Waals surface area contributed by atoms with Gasteiger partial charge in [0.15, 0.2) is 5.82 Å². The molecule has 254 valence electrons. The first-order valence-corrected chi connectivity index (χ1v) is 18.1. The van der Waals surface area contributed by atoms with Crippen molar-refractivity contribution in [2.75, 3.05) is 57.4 Å². The van der Waals surface area contributed by atoms with Crippen LogP contribution in [0, 0.1) is 35.4 Å². The summed E-state index contributed by atoms with van der Waals surface area (Å²) >= 11 is 0. The molecule has 10 nitrogen and oxygen atoms in total. The van der Waals surface area contributed by atoms with E-state index in [1.807, 2.05) is 6.92 Å². The lowest BCUT2D eigenvalue weighted by molar-refractivity contribution is -0.112. The van der Waals surface area contributed by atoms with E-state index in [9.17, 15) is 4.39 Å². The molecule has 48 heavy (non-hydrogen) atoms. The van der Waals surface area contributed by atoms with E-state index in [0.717, 1.165) is 81.9 Å². The van der Waals surface area contributed by atoms with E-state index in [2.05, 4.69) is 48.7 Å². The predicted molar refractivity (Wildman–Crippen MR) is 179 cm³/mol. The minimum atomic E-state index is -0.335. The molecule has 2 saturated carbocycles. The van der Waals surface area contributed by atoms with Gasteiger partial charge in [-0.15, -0.1) is 10.2 Å². The molecule has 0 bridgehead atoms. The SMILES string of the molecule is Cc1ncc(-c2cc(F)ccc2Oc2nncnc2N2CCC3(C2)CN([C@@H](C(C)C)C2CC(N4CCC5(COC5)C4)C2)C3)c(C2CC2)n1. The summed E-state index contributed by atoms with van der Waals surface area (Å²) in [6.07, 6.45) is 10.6. The number of halogens is 1. The maximum atomic E-state index is 14.6.